The molecule has 5 nitrogen and oxygen atoms in total. The first-order chi connectivity index (χ1) is 11.0. The molecule has 0 fully saturated rings. The molecule has 0 aliphatic carbocycles. The number of urea groups is 1. The largest absolute Gasteiger partial charge is 0.351 e. The molecule has 120 valence electrons. The molecule has 0 aliphatic rings. The molecular weight excluding hydrogens is 314 g/mol. The number of carbonyl (C=O) groups excluding carboxylic acids is 2. The van der Waals surface area contributed by atoms with Gasteiger partial charge in [-0.1, -0.05) is 54.1 Å². The van der Waals surface area contributed by atoms with Gasteiger partial charge in [-0.2, -0.15) is 0 Å². The van der Waals surface area contributed by atoms with Gasteiger partial charge in [0.05, 0.1) is 0 Å². The fourth-order valence-corrected chi connectivity index (χ4v) is 2.53. The van der Waals surface area contributed by atoms with Crippen LogP contribution in [0.3, 0.4) is 0 Å². The van der Waals surface area contributed by atoms with Gasteiger partial charge in [0.1, 0.15) is 6.04 Å². The van der Waals surface area contributed by atoms with Crippen molar-refractivity contribution >= 4 is 23.5 Å². The summed E-state index contributed by atoms with van der Waals surface area (Å²) in [6.45, 7) is 0.517. The van der Waals surface area contributed by atoms with Crippen molar-refractivity contribution in [3.63, 3.8) is 0 Å². The molecule has 2 rings (SSSR count). The van der Waals surface area contributed by atoms with Gasteiger partial charge in [0.2, 0.25) is 5.91 Å². The summed E-state index contributed by atoms with van der Waals surface area (Å²) < 4.78 is 0. The second kappa shape index (κ2) is 7.76. The summed E-state index contributed by atoms with van der Waals surface area (Å²) >= 11 is 5.89. The Bertz CT molecular complexity index is 674. The summed E-state index contributed by atoms with van der Waals surface area (Å²) in [5, 5.41) is 2.81. The van der Waals surface area contributed by atoms with Crippen molar-refractivity contribution in [3.8, 4) is 0 Å². The number of primary amides is 1. The molecule has 0 aromatic heterocycles. The van der Waals surface area contributed by atoms with Gasteiger partial charge in [-0.15, -0.1) is 0 Å². The number of likely N-dealkylation sites (N-methyl/N-ethyl adjacent to an activating group) is 1. The minimum atomic E-state index is -0.865. The van der Waals surface area contributed by atoms with E-state index >= 15 is 0 Å². The number of amides is 3. The third kappa shape index (κ3) is 4.81. The summed E-state index contributed by atoms with van der Waals surface area (Å²) in [7, 11) is 1.81. The van der Waals surface area contributed by atoms with Gasteiger partial charge in [0.15, 0.2) is 0 Å². The number of carbonyl (C=O) groups is 2. The standard InChI is InChI=1S/C17H18ClN3O2/c1-21(11-12-7-9-14(18)10-8-12)15(16(22)20-17(19)23)13-5-3-2-4-6-13/h2-10,15H,11H2,1H3,(H3,19,20,22,23)/t15-/m0/s1. The molecule has 1 atom stereocenters. The Morgan fingerprint density at radius 1 is 1.13 bits per heavy atom. The molecule has 0 spiro atoms. The Kier molecular flexibility index (Phi) is 5.73. The van der Waals surface area contributed by atoms with E-state index in [1.54, 1.807) is 12.1 Å². The van der Waals surface area contributed by atoms with E-state index in [2.05, 4.69) is 5.32 Å². The van der Waals surface area contributed by atoms with E-state index < -0.39 is 18.0 Å². The minimum Gasteiger partial charge on any atom is -0.351 e. The fourth-order valence-electron chi connectivity index (χ4n) is 2.40. The van der Waals surface area contributed by atoms with Crippen LogP contribution in [-0.4, -0.2) is 23.9 Å². The molecule has 0 heterocycles. The Labute approximate surface area is 140 Å². The van der Waals surface area contributed by atoms with Crippen molar-refractivity contribution in [2.45, 2.75) is 12.6 Å². The third-order valence-electron chi connectivity index (χ3n) is 3.40. The number of nitrogens with one attached hydrogen (secondary N) is 1. The highest BCUT2D eigenvalue weighted by molar-refractivity contribution is 6.30. The Morgan fingerprint density at radius 3 is 2.30 bits per heavy atom. The summed E-state index contributed by atoms with van der Waals surface area (Å²) in [6, 6.07) is 15.1. The minimum absolute atomic E-state index is 0.458. The number of nitrogens with zero attached hydrogens (tertiary/aromatic N) is 1. The van der Waals surface area contributed by atoms with E-state index in [1.165, 1.54) is 0 Å². The van der Waals surface area contributed by atoms with Crippen molar-refractivity contribution in [2.75, 3.05) is 7.05 Å². The zero-order valence-electron chi connectivity index (χ0n) is 12.7. The average molecular weight is 332 g/mol. The molecule has 23 heavy (non-hydrogen) atoms. The average Bonchev–Trinajstić information content (AvgIpc) is 2.50. The number of hydrogen-bond donors (Lipinski definition) is 2. The molecule has 3 N–H and O–H groups in total. The van der Waals surface area contributed by atoms with Crippen LogP contribution < -0.4 is 11.1 Å². The zero-order valence-corrected chi connectivity index (χ0v) is 13.5. The second-order valence-corrected chi connectivity index (χ2v) is 5.64. The van der Waals surface area contributed by atoms with Gasteiger partial charge in [-0.25, -0.2) is 4.79 Å². The molecule has 0 unspecified atom stereocenters. The highest BCUT2D eigenvalue weighted by Crippen LogP contribution is 2.22. The summed E-state index contributed by atoms with van der Waals surface area (Å²) in [5.41, 5.74) is 6.86. The first-order valence-corrected chi connectivity index (χ1v) is 7.45. The summed E-state index contributed by atoms with van der Waals surface area (Å²) in [4.78, 5) is 25.2. The molecule has 2 aromatic carbocycles. The van der Waals surface area contributed by atoms with Crippen LogP contribution in [0.1, 0.15) is 17.2 Å². The predicted octanol–water partition coefficient (Wildman–Crippen LogP) is 2.71. The smallest absolute Gasteiger partial charge is 0.318 e. The van der Waals surface area contributed by atoms with Crippen LogP contribution in [0, 0.1) is 0 Å². The van der Waals surface area contributed by atoms with Crippen molar-refractivity contribution < 1.29 is 9.59 Å². The molecule has 0 aliphatic heterocycles. The molecule has 0 saturated carbocycles. The topological polar surface area (TPSA) is 75.4 Å². The van der Waals surface area contributed by atoms with Gasteiger partial charge in [-0.05, 0) is 30.3 Å². The van der Waals surface area contributed by atoms with Gasteiger partial charge in [0.25, 0.3) is 0 Å². The summed E-state index contributed by atoms with van der Waals surface area (Å²) in [6.07, 6.45) is 0. The van der Waals surface area contributed by atoms with Gasteiger partial charge in [-0.3, -0.25) is 15.0 Å². The van der Waals surface area contributed by atoms with Crippen LogP contribution in [0.15, 0.2) is 54.6 Å². The normalized spacial score (nSPS) is 12.0. The van der Waals surface area contributed by atoms with Crippen LogP contribution >= 0.6 is 11.6 Å². The van der Waals surface area contributed by atoms with Crippen LogP contribution in [0.2, 0.25) is 5.02 Å². The van der Waals surface area contributed by atoms with Crippen molar-refractivity contribution in [2.24, 2.45) is 5.73 Å². The maximum Gasteiger partial charge on any atom is 0.318 e. The Morgan fingerprint density at radius 2 is 1.74 bits per heavy atom. The van der Waals surface area contributed by atoms with Gasteiger partial charge < -0.3 is 5.73 Å². The molecule has 0 saturated heterocycles. The molecule has 0 radical (unpaired) electrons. The lowest BCUT2D eigenvalue weighted by molar-refractivity contribution is -0.125. The van der Waals surface area contributed by atoms with Crippen molar-refractivity contribution in [1.29, 1.82) is 0 Å². The molecular formula is C17H18ClN3O2. The number of rotatable bonds is 5. The van der Waals surface area contributed by atoms with E-state index in [4.69, 9.17) is 17.3 Å². The fraction of sp³-hybridized carbons (Fsp3) is 0.176. The molecule has 2 aromatic rings. The van der Waals surface area contributed by atoms with E-state index in [0.29, 0.717) is 11.6 Å². The van der Waals surface area contributed by atoms with Crippen LogP contribution in [-0.2, 0) is 11.3 Å². The third-order valence-corrected chi connectivity index (χ3v) is 3.65. The molecule has 3 amide bonds. The lowest BCUT2D eigenvalue weighted by Crippen LogP contribution is -2.43. The predicted molar refractivity (Wildman–Crippen MR) is 89.8 cm³/mol. The quantitative estimate of drug-likeness (QED) is 0.884. The SMILES string of the molecule is CN(Cc1ccc(Cl)cc1)[C@H](C(=O)NC(N)=O)c1ccccc1. The summed E-state index contributed by atoms with van der Waals surface area (Å²) in [5.74, 6) is -0.458. The van der Waals surface area contributed by atoms with Crippen LogP contribution in [0.4, 0.5) is 4.79 Å². The second-order valence-electron chi connectivity index (χ2n) is 5.21. The molecule has 0 bridgehead atoms. The number of benzene rings is 2. The highest BCUT2D eigenvalue weighted by atomic mass is 35.5. The maximum atomic E-state index is 12.4. The van der Waals surface area contributed by atoms with Crippen molar-refractivity contribution in [1.82, 2.24) is 10.2 Å². The Balaban J connectivity index is 2.23. The van der Waals surface area contributed by atoms with Gasteiger partial charge >= 0.3 is 6.03 Å². The lowest BCUT2D eigenvalue weighted by atomic mass is 10.0. The van der Waals surface area contributed by atoms with Gasteiger partial charge in [0, 0.05) is 11.6 Å². The number of halogens is 1. The first-order valence-electron chi connectivity index (χ1n) is 7.07. The van der Waals surface area contributed by atoms with E-state index in [1.807, 2.05) is 54.4 Å². The highest BCUT2D eigenvalue weighted by Gasteiger charge is 2.26. The van der Waals surface area contributed by atoms with Crippen molar-refractivity contribution in [3.05, 3.63) is 70.7 Å². The maximum absolute atomic E-state index is 12.4. The number of nitrogens with two attached hydrogens (primary N) is 1. The lowest BCUT2D eigenvalue weighted by Gasteiger charge is -2.27. The number of imide groups is 1. The zero-order chi connectivity index (χ0) is 16.8. The van der Waals surface area contributed by atoms with E-state index in [0.717, 1.165) is 11.1 Å². The monoisotopic (exact) mass is 331 g/mol. The van der Waals surface area contributed by atoms with E-state index in [9.17, 15) is 9.59 Å². The van der Waals surface area contributed by atoms with E-state index in [-0.39, 0.29) is 0 Å². The first kappa shape index (κ1) is 17.0. The van der Waals surface area contributed by atoms with Crippen LogP contribution in [0.5, 0.6) is 0 Å². The Hall–Kier alpha value is -2.37. The molecule has 6 heteroatoms. The number of hydrogen-bond acceptors (Lipinski definition) is 3. The van der Waals surface area contributed by atoms with Crippen LogP contribution in [0.25, 0.3) is 0 Å².